The van der Waals surface area contributed by atoms with Crippen molar-refractivity contribution in [2.75, 3.05) is 31.5 Å². The van der Waals surface area contributed by atoms with Crippen LogP contribution in [0.2, 0.25) is 0 Å². The van der Waals surface area contributed by atoms with Gasteiger partial charge in [-0.05, 0) is 25.0 Å². The molecule has 114 valence electrons. The average molecular weight is 298 g/mol. The number of carbonyl (C=O) groups excluding carboxylic acids is 1. The Bertz CT molecular complexity index is 603. The van der Waals surface area contributed by atoms with E-state index in [2.05, 4.69) is 27.8 Å². The van der Waals surface area contributed by atoms with Crippen molar-refractivity contribution < 1.29 is 4.79 Å². The van der Waals surface area contributed by atoms with Gasteiger partial charge in [-0.3, -0.25) is 4.79 Å². The Morgan fingerprint density at radius 1 is 1.45 bits per heavy atom. The lowest BCUT2D eigenvalue weighted by molar-refractivity contribution is -0.130. The number of likely N-dealkylation sites (tertiary alicyclic amines) is 1. The second-order valence-electron chi connectivity index (χ2n) is 4.99. The first-order valence-corrected chi connectivity index (χ1v) is 7.25. The van der Waals surface area contributed by atoms with Crippen LogP contribution in [0.3, 0.4) is 0 Å². The first kappa shape index (κ1) is 15.7. The van der Waals surface area contributed by atoms with E-state index in [4.69, 9.17) is 10.5 Å². The van der Waals surface area contributed by atoms with Gasteiger partial charge in [-0.2, -0.15) is 10.5 Å². The molecule has 1 aliphatic heterocycles. The molecule has 0 bridgehead atoms. The van der Waals surface area contributed by atoms with Crippen molar-refractivity contribution in [1.29, 1.82) is 10.5 Å². The Hall–Kier alpha value is -2.64. The third-order valence-electron chi connectivity index (χ3n) is 3.52. The Morgan fingerprint density at radius 3 is 3.09 bits per heavy atom. The molecule has 1 aromatic rings. The highest BCUT2D eigenvalue weighted by Gasteiger charge is 2.27. The summed E-state index contributed by atoms with van der Waals surface area (Å²) in [4.78, 5) is 17.7. The van der Waals surface area contributed by atoms with E-state index in [1.165, 1.54) is 0 Å². The van der Waals surface area contributed by atoms with Crippen LogP contribution < -0.4 is 10.6 Å². The lowest BCUT2D eigenvalue weighted by Crippen LogP contribution is -2.41. The van der Waals surface area contributed by atoms with Gasteiger partial charge in [-0.25, -0.2) is 4.98 Å². The van der Waals surface area contributed by atoms with Crippen molar-refractivity contribution in [2.45, 2.75) is 18.9 Å². The Balaban J connectivity index is 1.68. The predicted octanol–water partition coefficient (Wildman–Crippen LogP) is 0.469. The summed E-state index contributed by atoms with van der Waals surface area (Å²) in [7, 11) is 0. The maximum absolute atomic E-state index is 12.0. The largest absolute Gasteiger partial charge is 0.368 e. The molecule has 1 aliphatic rings. The van der Waals surface area contributed by atoms with Crippen LogP contribution in [-0.4, -0.2) is 48.0 Å². The van der Waals surface area contributed by atoms with Gasteiger partial charge in [0.2, 0.25) is 5.91 Å². The number of aromatic nitrogens is 1. The highest BCUT2D eigenvalue weighted by molar-refractivity contribution is 5.79. The van der Waals surface area contributed by atoms with E-state index >= 15 is 0 Å². The zero-order chi connectivity index (χ0) is 15.8. The molecule has 0 unspecified atom stereocenters. The molecule has 1 amide bonds. The number of nitriles is 2. The van der Waals surface area contributed by atoms with Crippen LogP contribution in [0.25, 0.3) is 0 Å². The van der Waals surface area contributed by atoms with Crippen LogP contribution in [0, 0.1) is 22.7 Å². The van der Waals surface area contributed by atoms with Gasteiger partial charge < -0.3 is 15.5 Å². The second-order valence-corrected chi connectivity index (χ2v) is 4.99. The number of rotatable bonds is 6. The molecule has 1 atom stereocenters. The summed E-state index contributed by atoms with van der Waals surface area (Å²) in [6.07, 6.45) is 3.28. The van der Waals surface area contributed by atoms with Gasteiger partial charge in [0.05, 0.1) is 18.2 Å². The van der Waals surface area contributed by atoms with E-state index < -0.39 is 0 Å². The standard InChI is InChI=1S/C15H18N6O/c16-9-12-3-1-5-19-15(12)20-7-6-18-11-14(22)21-8-2-4-13(21)10-17/h1,3,5,13,18H,2,4,6-8,11H2,(H,19,20)/t13-/m0/s1. The average Bonchev–Trinajstić information content (AvgIpc) is 3.03. The monoisotopic (exact) mass is 298 g/mol. The molecule has 0 aliphatic carbocycles. The van der Waals surface area contributed by atoms with Crippen molar-refractivity contribution >= 4 is 11.7 Å². The number of nitrogens with one attached hydrogen (secondary N) is 2. The van der Waals surface area contributed by atoms with Gasteiger partial charge in [0.25, 0.3) is 0 Å². The molecular weight excluding hydrogens is 280 g/mol. The number of pyridine rings is 1. The van der Waals surface area contributed by atoms with Crippen LogP contribution >= 0.6 is 0 Å². The highest BCUT2D eigenvalue weighted by atomic mass is 16.2. The molecule has 7 heteroatoms. The first-order valence-electron chi connectivity index (χ1n) is 7.25. The van der Waals surface area contributed by atoms with Crippen LogP contribution in [0.15, 0.2) is 18.3 Å². The summed E-state index contributed by atoms with van der Waals surface area (Å²) in [5, 5.41) is 24.0. The Morgan fingerprint density at radius 2 is 2.32 bits per heavy atom. The normalized spacial score (nSPS) is 16.8. The first-order chi connectivity index (χ1) is 10.8. The minimum absolute atomic E-state index is 0.0420. The number of hydrogen-bond donors (Lipinski definition) is 2. The molecule has 7 nitrogen and oxygen atoms in total. The van der Waals surface area contributed by atoms with E-state index in [0.29, 0.717) is 31.0 Å². The third kappa shape index (κ3) is 3.94. The zero-order valence-electron chi connectivity index (χ0n) is 12.2. The molecule has 1 fully saturated rings. The summed E-state index contributed by atoms with van der Waals surface area (Å²) in [5.41, 5.74) is 0.493. The Labute approximate surface area is 129 Å². The molecule has 2 rings (SSSR count). The molecule has 0 spiro atoms. The van der Waals surface area contributed by atoms with Crippen molar-refractivity contribution in [3.05, 3.63) is 23.9 Å². The van der Waals surface area contributed by atoms with E-state index in [9.17, 15) is 4.79 Å². The van der Waals surface area contributed by atoms with Gasteiger partial charge in [0, 0.05) is 25.8 Å². The number of carbonyl (C=O) groups is 1. The molecule has 0 radical (unpaired) electrons. The molecule has 0 aromatic carbocycles. The molecule has 1 aromatic heterocycles. The summed E-state index contributed by atoms with van der Waals surface area (Å²) in [6, 6.07) is 7.35. The fraction of sp³-hybridized carbons (Fsp3) is 0.467. The SMILES string of the molecule is N#Cc1cccnc1NCCNCC(=O)N1CCC[C@H]1C#N. The van der Waals surface area contributed by atoms with E-state index in [1.54, 1.807) is 23.2 Å². The van der Waals surface area contributed by atoms with E-state index in [1.807, 2.05) is 0 Å². The quantitative estimate of drug-likeness (QED) is 0.740. The van der Waals surface area contributed by atoms with Gasteiger partial charge >= 0.3 is 0 Å². The number of hydrogen-bond acceptors (Lipinski definition) is 6. The zero-order valence-corrected chi connectivity index (χ0v) is 12.2. The molecule has 2 N–H and O–H groups in total. The maximum atomic E-state index is 12.0. The van der Waals surface area contributed by atoms with Crippen molar-refractivity contribution in [3.63, 3.8) is 0 Å². The van der Waals surface area contributed by atoms with Gasteiger partial charge in [0.15, 0.2) is 0 Å². The second kappa shape index (κ2) is 7.96. The van der Waals surface area contributed by atoms with Crippen LogP contribution in [0.1, 0.15) is 18.4 Å². The lowest BCUT2D eigenvalue weighted by Gasteiger charge is -2.19. The number of amides is 1. The van der Waals surface area contributed by atoms with Crippen molar-refractivity contribution in [2.24, 2.45) is 0 Å². The lowest BCUT2D eigenvalue weighted by atomic mass is 10.2. The smallest absolute Gasteiger partial charge is 0.237 e. The fourth-order valence-electron chi connectivity index (χ4n) is 2.40. The van der Waals surface area contributed by atoms with E-state index in [-0.39, 0.29) is 18.5 Å². The fourth-order valence-corrected chi connectivity index (χ4v) is 2.40. The minimum atomic E-state index is -0.279. The van der Waals surface area contributed by atoms with Gasteiger partial charge in [0.1, 0.15) is 17.9 Å². The van der Waals surface area contributed by atoms with Gasteiger partial charge in [-0.1, -0.05) is 0 Å². The maximum Gasteiger partial charge on any atom is 0.237 e. The highest BCUT2D eigenvalue weighted by Crippen LogP contribution is 2.15. The number of nitrogens with zero attached hydrogens (tertiary/aromatic N) is 4. The summed E-state index contributed by atoms with van der Waals surface area (Å²) in [5.74, 6) is 0.502. The summed E-state index contributed by atoms with van der Waals surface area (Å²) >= 11 is 0. The van der Waals surface area contributed by atoms with Gasteiger partial charge in [-0.15, -0.1) is 0 Å². The third-order valence-corrected chi connectivity index (χ3v) is 3.52. The number of anilines is 1. The summed E-state index contributed by atoms with van der Waals surface area (Å²) < 4.78 is 0. The molecule has 0 saturated carbocycles. The predicted molar refractivity (Wildman–Crippen MR) is 80.7 cm³/mol. The minimum Gasteiger partial charge on any atom is -0.368 e. The molecule has 1 saturated heterocycles. The van der Waals surface area contributed by atoms with Crippen molar-refractivity contribution in [1.82, 2.24) is 15.2 Å². The van der Waals surface area contributed by atoms with Crippen molar-refractivity contribution in [3.8, 4) is 12.1 Å². The molecule has 2 heterocycles. The topological polar surface area (TPSA) is 105 Å². The Kier molecular flexibility index (Phi) is 5.70. The van der Waals surface area contributed by atoms with E-state index in [0.717, 1.165) is 12.8 Å². The van der Waals surface area contributed by atoms with Crippen LogP contribution in [0.5, 0.6) is 0 Å². The molecule has 22 heavy (non-hydrogen) atoms. The van der Waals surface area contributed by atoms with Crippen LogP contribution in [0.4, 0.5) is 5.82 Å². The molecular formula is C15H18N6O. The van der Waals surface area contributed by atoms with Crippen LogP contribution in [-0.2, 0) is 4.79 Å². The summed E-state index contributed by atoms with van der Waals surface area (Å²) in [6.45, 7) is 2.00.